The van der Waals surface area contributed by atoms with Crippen LogP contribution in [0.25, 0.3) is 22.4 Å². The van der Waals surface area contributed by atoms with E-state index in [1.165, 1.54) is 6.07 Å². The van der Waals surface area contributed by atoms with Crippen molar-refractivity contribution in [2.75, 3.05) is 5.73 Å². The summed E-state index contributed by atoms with van der Waals surface area (Å²) in [4.78, 5) is 18.7. The molecular weight excluding hydrogens is 244 g/mol. The molecule has 3 aromatic heterocycles. The third kappa shape index (κ3) is 1.89. The smallest absolute Gasteiger partial charge is 0.230 e. The lowest BCUT2D eigenvalue weighted by molar-refractivity contribution is 0.439. The molecule has 0 amide bonds. The minimum absolute atomic E-state index is 0.155. The van der Waals surface area contributed by atoms with Crippen molar-refractivity contribution < 1.29 is 4.52 Å². The Hall–Kier alpha value is -2.89. The van der Waals surface area contributed by atoms with E-state index in [-0.39, 0.29) is 11.3 Å². The average Bonchev–Trinajstić information content (AvgIpc) is 2.82. The van der Waals surface area contributed by atoms with Gasteiger partial charge in [0, 0.05) is 36.4 Å². The minimum atomic E-state index is -0.155. The summed E-state index contributed by atoms with van der Waals surface area (Å²) in [6, 6.07) is 5.03. The Morgan fingerprint density at radius 2 is 2.21 bits per heavy atom. The third-order valence-corrected chi connectivity index (χ3v) is 2.75. The van der Waals surface area contributed by atoms with Crippen LogP contribution in [0.4, 0.5) is 5.88 Å². The van der Waals surface area contributed by atoms with Gasteiger partial charge >= 0.3 is 0 Å². The van der Waals surface area contributed by atoms with Crippen molar-refractivity contribution in [2.24, 2.45) is 0 Å². The largest absolute Gasteiger partial charge is 0.367 e. The first-order valence-corrected chi connectivity index (χ1v) is 5.60. The molecule has 0 aliphatic rings. The fourth-order valence-corrected chi connectivity index (χ4v) is 1.88. The molecule has 0 aromatic carbocycles. The van der Waals surface area contributed by atoms with Crippen molar-refractivity contribution in [1.82, 2.24) is 15.1 Å². The van der Waals surface area contributed by atoms with E-state index in [4.69, 9.17) is 10.3 Å². The second-order valence-electron chi connectivity index (χ2n) is 3.93. The van der Waals surface area contributed by atoms with Crippen molar-refractivity contribution in [3.8, 4) is 22.4 Å². The Morgan fingerprint density at radius 3 is 2.95 bits per heavy atom. The number of anilines is 1. The molecule has 0 aliphatic heterocycles. The van der Waals surface area contributed by atoms with Gasteiger partial charge in [-0.1, -0.05) is 11.2 Å². The summed E-state index contributed by atoms with van der Waals surface area (Å²) < 4.78 is 5.01. The number of nitrogens with two attached hydrogens (primary N) is 1. The quantitative estimate of drug-likeness (QED) is 0.725. The fourth-order valence-electron chi connectivity index (χ4n) is 1.88. The molecule has 0 saturated heterocycles. The van der Waals surface area contributed by atoms with Crippen LogP contribution in [-0.2, 0) is 0 Å². The molecule has 3 N–H and O–H groups in total. The van der Waals surface area contributed by atoms with Crippen LogP contribution in [-0.4, -0.2) is 15.1 Å². The molecule has 3 rings (SSSR count). The zero-order chi connectivity index (χ0) is 13.2. The van der Waals surface area contributed by atoms with Gasteiger partial charge in [-0.2, -0.15) is 0 Å². The number of aromatic nitrogens is 3. The van der Waals surface area contributed by atoms with E-state index in [0.717, 1.165) is 5.56 Å². The first kappa shape index (κ1) is 11.2. The molecule has 0 aliphatic carbocycles. The Bertz CT molecular complexity index is 762. The molecule has 94 valence electrons. The van der Waals surface area contributed by atoms with Gasteiger partial charge < -0.3 is 15.2 Å². The zero-order valence-corrected chi connectivity index (χ0v) is 9.83. The molecule has 0 radical (unpaired) electrons. The summed E-state index contributed by atoms with van der Waals surface area (Å²) in [7, 11) is 0. The maximum atomic E-state index is 11.9. The number of rotatable bonds is 2. The highest BCUT2D eigenvalue weighted by Crippen LogP contribution is 2.33. The number of hydrogen-bond donors (Lipinski definition) is 2. The van der Waals surface area contributed by atoms with Crippen LogP contribution in [0.15, 0.2) is 52.3 Å². The lowest BCUT2D eigenvalue weighted by Gasteiger charge is -2.01. The van der Waals surface area contributed by atoms with E-state index >= 15 is 0 Å². The Kier molecular flexibility index (Phi) is 2.60. The van der Waals surface area contributed by atoms with Gasteiger partial charge in [-0.25, -0.2) is 0 Å². The summed E-state index contributed by atoms with van der Waals surface area (Å²) in [5, 5.41) is 3.88. The summed E-state index contributed by atoms with van der Waals surface area (Å²) in [5.41, 5.74) is 7.77. The van der Waals surface area contributed by atoms with Crippen LogP contribution in [0.2, 0.25) is 0 Å². The third-order valence-electron chi connectivity index (χ3n) is 2.75. The molecule has 0 atom stereocenters. The van der Waals surface area contributed by atoms with Crippen molar-refractivity contribution in [3.63, 3.8) is 0 Å². The molecule has 0 unspecified atom stereocenters. The standard InChI is InChI=1S/C13H10N4O2/c14-13-11(8-2-1-4-15-6-8)12(17-19-13)9-7-16-5-3-10(9)18/h1-7H,14H2,(H,16,18). The Morgan fingerprint density at radius 1 is 1.32 bits per heavy atom. The molecular formula is C13H10N4O2. The lowest BCUT2D eigenvalue weighted by atomic mass is 10.0. The topological polar surface area (TPSA) is 97.8 Å². The summed E-state index contributed by atoms with van der Waals surface area (Å²) in [6.07, 6.45) is 6.42. The van der Waals surface area contributed by atoms with Crippen molar-refractivity contribution in [3.05, 3.63) is 53.2 Å². The van der Waals surface area contributed by atoms with Gasteiger partial charge in [0.2, 0.25) is 5.88 Å². The molecule has 6 heteroatoms. The van der Waals surface area contributed by atoms with Gasteiger partial charge in [0.25, 0.3) is 0 Å². The number of nitrogens with zero attached hydrogens (tertiary/aromatic N) is 2. The van der Waals surface area contributed by atoms with E-state index in [9.17, 15) is 4.79 Å². The van der Waals surface area contributed by atoms with Gasteiger partial charge in [0.05, 0.1) is 11.1 Å². The molecule has 0 bridgehead atoms. The van der Waals surface area contributed by atoms with E-state index in [1.54, 1.807) is 30.9 Å². The number of nitrogens with one attached hydrogen (secondary N) is 1. The Balaban J connectivity index is 2.26. The molecule has 3 heterocycles. The minimum Gasteiger partial charge on any atom is -0.367 e. The van der Waals surface area contributed by atoms with Gasteiger partial charge in [-0.3, -0.25) is 9.78 Å². The van der Waals surface area contributed by atoms with Gasteiger partial charge in [0.15, 0.2) is 5.43 Å². The highest BCUT2D eigenvalue weighted by atomic mass is 16.5. The number of hydrogen-bond acceptors (Lipinski definition) is 5. The molecule has 19 heavy (non-hydrogen) atoms. The average molecular weight is 254 g/mol. The van der Waals surface area contributed by atoms with E-state index in [1.807, 2.05) is 6.07 Å². The predicted octanol–water partition coefficient (Wildman–Crippen LogP) is 1.67. The van der Waals surface area contributed by atoms with Gasteiger partial charge in [-0.15, -0.1) is 0 Å². The number of H-pyrrole nitrogens is 1. The van der Waals surface area contributed by atoms with Crippen LogP contribution in [0, 0.1) is 0 Å². The normalized spacial score (nSPS) is 10.5. The highest BCUT2D eigenvalue weighted by Gasteiger charge is 2.19. The molecule has 0 fully saturated rings. The molecule has 6 nitrogen and oxygen atoms in total. The number of nitrogen functional groups attached to an aromatic ring is 1. The SMILES string of the molecule is Nc1onc(-c2c[nH]ccc2=O)c1-c1cccnc1. The lowest BCUT2D eigenvalue weighted by Crippen LogP contribution is -2.03. The molecule has 0 saturated carbocycles. The van der Waals surface area contributed by atoms with Gasteiger partial charge in [-0.05, 0) is 6.07 Å². The molecule has 0 spiro atoms. The van der Waals surface area contributed by atoms with Crippen molar-refractivity contribution in [1.29, 1.82) is 0 Å². The first-order valence-electron chi connectivity index (χ1n) is 5.60. The van der Waals surface area contributed by atoms with Gasteiger partial charge in [0.1, 0.15) is 5.69 Å². The monoisotopic (exact) mass is 254 g/mol. The van der Waals surface area contributed by atoms with Crippen LogP contribution in [0.3, 0.4) is 0 Å². The second-order valence-corrected chi connectivity index (χ2v) is 3.93. The predicted molar refractivity (Wildman–Crippen MR) is 70.2 cm³/mol. The second kappa shape index (κ2) is 4.41. The van der Waals surface area contributed by atoms with E-state index in [2.05, 4.69) is 15.1 Å². The maximum Gasteiger partial charge on any atom is 0.230 e. The number of aromatic amines is 1. The summed E-state index contributed by atoms with van der Waals surface area (Å²) >= 11 is 0. The fraction of sp³-hybridized carbons (Fsp3) is 0. The zero-order valence-electron chi connectivity index (χ0n) is 9.83. The first-order chi connectivity index (χ1) is 9.27. The van der Waals surface area contributed by atoms with Crippen LogP contribution >= 0.6 is 0 Å². The Labute approximate surface area is 107 Å². The number of pyridine rings is 2. The van der Waals surface area contributed by atoms with Crippen molar-refractivity contribution in [2.45, 2.75) is 0 Å². The van der Waals surface area contributed by atoms with Crippen molar-refractivity contribution >= 4 is 5.88 Å². The van der Waals surface area contributed by atoms with E-state index in [0.29, 0.717) is 16.8 Å². The maximum absolute atomic E-state index is 11.9. The summed E-state index contributed by atoms with van der Waals surface area (Å²) in [5.74, 6) is 0.159. The summed E-state index contributed by atoms with van der Waals surface area (Å²) in [6.45, 7) is 0. The van der Waals surface area contributed by atoms with Crippen LogP contribution in [0.1, 0.15) is 0 Å². The van der Waals surface area contributed by atoms with Crippen LogP contribution < -0.4 is 11.2 Å². The molecule has 3 aromatic rings. The highest BCUT2D eigenvalue weighted by molar-refractivity contribution is 5.86. The van der Waals surface area contributed by atoms with E-state index < -0.39 is 0 Å². The van der Waals surface area contributed by atoms with Crippen LogP contribution in [0.5, 0.6) is 0 Å².